The number of aryl methyl sites for hydroxylation is 2. The Hall–Kier alpha value is -1.88. The molecule has 0 aliphatic rings. The first-order valence-electron chi connectivity index (χ1n) is 5.54. The molecule has 2 rings (SSSR count). The average Bonchev–Trinajstić information content (AvgIpc) is 2.67. The first kappa shape index (κ1) is 12.6. The Morgan fingerprint density at radius 1 is 1.39 bits per heavy atom. The van der Waals surface area contributed by atoms with Crippen LogP contribution >= 0.6 is 0 Å². The molecule has 0 saturated carbocycles. The van der Waals surface area contributed by atoms with E-state index in [-0.39, 0.29) is 0 Å². The Morgan fingerprint density at radius 3 is 2.67 bits per heavy atom. The fraction of sp³-hybridized carbons (Fsp3) is 0.308. The highest BCUT2D eigenvalue weighted by atomic mass is 19.1. The van der Waals surface area contributed by atoms with Crippen molar-refractivity contribution in [3.8, 4) is 5.75 Å². The van der Waals surface area contributed by atoms with Crippen LogP contribution in [-0.4, -0.2) is 22.0 Å². The molecule has 1 atom stereocenters. The molecular formula is C13H15FN2O2. The number of nitrogens with zero attached hydrogens (tertiary/aromatic N) is 2. The molecule has 0 spiro atoms. The van der Waals surface area contributed by atoms with Crippen molar-refractivity contribution in [2.75, 3.05) is 7.11 Å². The van der Waals surface area contributed by atoms with Crippen LogP contribution in [0.3, 0.4) is 0 Å². The Kier molecular flexibility index (Phi) is 3.34. The molecule has 4 nitrogen and oxygen atoms in total. The van der Waals surface area contributed by atoms with Gasteiger partial charge in [-0.2, -0.15) is 5.10 Å². The molecule has 1 heterocycles. The first-order valence-corrected chi connectivity index (χ1v) is 5.54. The Balaban J connectivity index is 2.48. The van der Waals surface area contributed by atoms with Crippen LogP contribution < -0.4 is 4.74 Å². The van der Waals surface area contributed by atoms with Gasteiger partial charge in [0.1, 0.15) is 17.7 Å². The van der Waals surface area contributed by atoms with E-state index in [0.717, 1.165) is 0 Å². The summed E-state index contributed by atoms with van der Waals surface area (Å²) in [5.41, 5.74) is 1.74. The Labute approximate surface area is 105 Å². The van der Waals surface area contributed by atoms with E-state index in [0.29, 0.717) is 22.6 Å². The predicted molar refractivity (Wildman–Crippen MR) is 65.0 cm³/mol. The summed E-state index contributed by atoms with van der Waals surface area (Å²) in [5.74, 6) is 0.0403. The van der Waals surface area contributed by atoms with Crippen LogP contribution in [0.5, 0.6) is 5.75 Å². The van der Waals surface area contributed by atoms with Crippen molar-refractivity contribution >= 4 is 0 Å². The van der Waals surface area contributed by atoms with Gasteiger partial charge in [-0.25, -0.2) is 4.39 Å². The number of hydrogen-bond acceptors (Lipinski definition) is 3. The molecule has 1 aromatic carbocycles. The summed E-state index contributed by atoms with van der Waals surface area (Å²) in [7, 11) is 3.26. The third kappa shape index (κ3) is 2.22. The van der Waals surface area contributed by atoms with Crippen molar-refractivity contribution < 1.29 is 14.2 Å². The van der Waals surface area contributed by atoms with Crippen molar-refractivity contribution in [2.24, 2.45) is 7.05 Å². The lowest BCUT2D eigenvalue weighted by molar-refractivity contribution is 0.213. The van der Waals surface area contributed by atoms with Gasteiger partial charge in [-0.1, -0.05) is 0 Å². The van der Waals surface area contributed by atoms with Gasteiger partial charge >= 0.3 is 0 Å². The van der Waals surface area contributed by atoms with Crippen molar-refractivity contribution in [3.05, 3.63) is 47.0 Å². The molecule has 0 radical (unpaired) electrons. The number of hydrogen-bond donors (Lipinski definition) is 1. The molecule has 0 aliphatic carbocycles. The number of aromatic nitrogens is 2. The van der Waals surface area contributed by atoms with Crippen LogP contribution in [0.1, 0.15) is 22.9 Å². The number of aliphatic hydroxyl groups excluding tert-OH is 1. The predicted octanol–water partition coefficient (Wildman–Crippen LogP) is 1.96. The zero-order valence-electron chi connectivity index (χ0n) is 10.5. The molecule has 1 unspecified atom stereocenters. The van der Waals surface area contributed by atoms with Crippen molar-refractivity contribution in [2.45, 2.75) is 13.0 Å². The van der Waals surface area contributed by atoms with Gasteiger partial charge < -0.3 is 9.84 Å². The summed E-state index contributed by atoms with van der Waals surface area (Å²) in [5, 5.41) is 14.5. The van der Waals surface area contributed by atoms with Gasteiger partial charge in [0.05, 0.1) is 12.8 Å². The minimum absolute atomic E-state index is 0.397. The number of halogens is 1. The van der Waals surface area contributed by atoms with E-state index in [1.54, 1.807) is 24.9 Å². The third-order valence-electron chi connectivity index (χ3n) is 2.83. The van der Waals surface area contributed by atoms with Crippen LogP contribution in [0.2, 0.25) is 0 Å². The zero-order valence-corrected chi connectivity index (χ0v) is 10.5. The minimum Gasteiger partial charge on any atom is -0.496 e. The lowest BCUT2D eigenvalue weighted by Crippen LogP contribution is -2.03. The standard InChI is InChI=1S/C13H15FN2O2/c1-8-11(7-16(2)15-8)13(17)10-6-9(14)4-5-12(10)18-3/h4-7,13,17H,1-3H3. The zero-order chi connectivity index (χ0) is 13.3. The van der Waals surface area contributed by atoms with E-state index in [1.807, 2.05) is 0 Å². The highest BCUT2D eigenvalue weighted by molar-refractivity contribution is 5.41. The molecule has 1 aromatic heterocycles. The molecular weight excluding hydrogens is 235 g/mol. The van der Waals surface area contributed by atoms with Crippen LogP contribution in [0.15, 0.2) is 24.4 Å². The fourth-order valence-electron chi connectivity index (χ4n) is 1.97. The summed E-state index contributed by atoms with van der Waals surface area (Å²) in [6, 6.07) is 4.07. The third-order valence-corrected chi connectivity index (χ3v) is 2.83. The Bertz CT molecular complexity index is 566. The van der Waals surface area contributed by atoms with E-state index in [9.17, 15) is 9.50 Å². The largest absolute Gasteiger partial charge is 0.496 e. The maximum absolute atomic E-state index is 13.3. The fourth-order valence-corrected chi connectivity index (χ4v) is 1.97. The van der Waals surface area contributed by atoms with Gasteiger partial charge in [0.25, 0.3) is 0 Å². The molecule has 1 N–H and O–H groups in total. The second kappa shape index (κ2) is 4.78. The van der Waals surface area contributed by atoms with Crippen LogP contribution in [-0.2, 0) is 7.05 Å². The van der Waals surface area contributed by atoms with Gasteiger partial charge in [0.15, 0.2) is 0 Å². The summed E-state index contributed by atoms with van der Waals surface area (Å²) in [4.78, 5) is 0. The van der Waals surface area contributed by atoms with E-state index >= 15 is 0 Å². The first-order chi connectivity index (χ1) is 8.52. The molecule has 2 aromatic rings. The quantitative estimate of drug-likeness (QED) is 0.905. The molecule has 0 saturated heterocycles. The van der Waals surface area contributed by atoms with Crippen molar-refractivity contribution in [1.29, 1.82) is 0 Å². The topological polar surface area (TPSA) is 47.3 Å². The summed E-state index contributed by atoms with van der Waals surface area (Å²) in [6.07, 6.45) is 0.758. The van der Waals surface area contributed by atoms with E-state index in [1.165, 1.54) is 25.3 Å². The summed E-state index contributed by atoms with van der Waals surface area (Å²) < 4.78 is 20.0. The Morgan fingerprint density at radius 2 is 2.11 bits per heavy atom. The number of benzene rings is 1. The summed E-state index contributed by atoms with van der Waals surface area (Å²) >= 11 is 0. The van der Waals surface area contributed by atoms with Crippen molar-refractivity contribution in [1.82, 2.24) is 9.78 Å². The number of ether oxygens (including phenoxy) is 1. The highest BCUT2D eigenvalue weighted by Gasteiger charge is 2.20. The second-order valence-corrected chi connectivity index (χ2v) is 4.13. The molecule has 0 aliphatic heterocycles. The van der Waals surface area contributed by atoms with Gasteiger partial charge in [-0.3, -0.25) is 4.68 Å². The smallest absolute Gasteiger partial charge is 0.125 e. The summed E-state index contributed by atoms with van der Waals surface area (Å²) in [6.45, 7) is 1.80. The van der Waals surface area contributed by atoms with Gasteiger partial charge in [0.2, 0.25) is 0 Å². The monoisotopic (exact) mass is 250 g/mol. The average molecular weight is 250 g/mol. The minimum atomic E-state index is -0.954. The lowest BCUT2D eigenvalue weighted by Gasteiger charge is -2.14. The molecule has 0 amide bonds. The van der Waals surface area contributed by atoms with Gasteiger partial charge in [-0.15, -0.1) is 0 Å². The van der Waals surface area contributed by atoms with E-state index in [2.05, 4.69) is 5.10 Å². The molecule has 5 heteroatoms. The molecule has 0 bridgehead atoms. The lowest BCUT2D eigenvalue weighted by atomic mass is 10.0. The van der Waals surface area contributed by atoms with E-state index < -0.39 is 11.9 Å². The van der Waals surface area contributed by atoms with Crippen LogP contribution in [0, 0.1) is 12.7 Å². The van der Waals surface area contributed by atoms with Crippen LogP contribution in [0.4, 0.5) is 4.39 Å². The van der Waals surface area contributed by atoms with Gasteiger partial charge in [0, 0.05) is 24.4 Å². The van der Waals surface area contributed by atoms with E-state index in [4.69, 9.17) is 4.74 Å². The number of methoxy groups -OCH3 is 1. The molecule has 0 fully saturated rings. The van der Waals surface area contributed by atoms with Crippen molar-refractivity contribution in [3.63, 3.8) is 0 Å². The molecule has 18 heavy (non-hydrogen) atoms. The maximum Gasteiger partial charge on any atom is 0.125 e. The number of rotatable bonds is 3. The highest BCUT2D eigenvalue weighted by Crippen LogP contribution is 2.31. The molecule has 96 valence electrons. The second-order valence-electron chi connectivity index (χ2n) is 4.13. The SMILES string of the molecule is COc1ccc(F)cc1C(O)c1cn(C)nc1C. The maximum atomic E-state index is 13.3. The van der Waals surface area contributed by atoms with Crippen LogP contribution in [0.25, 0.3) is 0 Å². The normalized spacial score (nSPS) is 12.5. The number of aliphatic hydroxyl groups is 1. The van der Waals surface area contributed by atoms with Gasteiger partial charge in [-0.05, 0) is 25.1 Å².